The Hall–Kier alpha value is -0.880. The topological polar surface area (TPSA) is 69.2 Å². The molecule has 1 aromatic rings. The summed E-state index contributed by atoms with van der Waals surface area (Å²) in [6, 6.07) is 0.200. The van der Waals surface area contributed by atoms with E-state index in [1.807, 2.05) is 11.8 Å². The van der Waals surface area contributed by atoms with Crippen LogP contribution in [0.4, 0.5) is 5.82 Å². The van der Waals surface area contributed by atoms with Crippen LogP contribution in [0, 0.1) is 0 Å². The molecular weight excluding hydrogens is 262 g/mol. The first-order valence-electron chi connectivity index (χ1n) is 4.77. The number of aromatic nitrogens is 2. The van der Waals surface area contributed by atoms with E-state index in [2.05, 4.69) is 25.9 Å². The number of nitrogens with zero attached hydrogens (tertiary/aromatic N) is 2. The van der Waals surface area contributed by atoms with Gasteiger partial charge in [0.1, 0.15) is 4.47 Å². The zero-order valence-electron chi connectivity index (χ0n) is 8.27. The molecule has 2 N–H and O–H groups in total. The number of hydrogen-bond donors (Lipinski definition) is 2. The summed E-state index contributed by atoms with van der Waals surface area (Å²) in [6.07, 6.45) is 1.74. The molecule has 0 aromatic carbocycles. The molecule has 6 heteroatoms. The molecule has 2 atom stereocenters. The highest BCUT2D eigenvalue weighted by atomic mass is 79.9. The van der Waals surface area contributed by atoms with Crippen LogP contribution in [0.25, 0.3) is 0 Å². The summed E-state index contributed by atoms with van der Waals surface area (Å²) in [4.78, 5) is 19.9. The maximum atomic E-state index is 11.4. The number of hydrogen-bond acceptors (Lipinski definition) is 4. The highest BCUT2D eigenvalue weighted by Crippen LogP contribution is 2.27. The molecular formula is C9H12BrN3O2. The largest absolute Gasteiger partial charge is 0.391 e. The standard InChI is InChI=1S/C9H12BrN3O2/c1-5-2-6(14)3-13(5)8-7(10)9(15)12-4-11-8/h4-6,14H,2-3H2,1H3,(H,11,12,15). The number of aliphatic hydroxyl groups excluding tert-OH is 1. The average Bonchev–Trinajstić information content (AvgIpc) is 2.50. The highest BCUT2D eigenvalue weighted by Gasteiger charge is 2.30. The second kappa shape index (κ2) is 3.94. The van der Waals surface area contributed by atoms with Gasteiger partial charge in [0.2, 0.25) is 0 Å². The number of aliphatic hydroxyl groups is 1. The number of H-pyrrole nitrogens is 1. The van der Waals surface area contributed by atoms with E-state index in [0.717, 1.165) is 0 Å². The number of anilines is 1. The summed E-state index contributed by atoms with van der Waals surface area (Å²) in [7, 11) is 0. The fourth-order valence-electron chi connectivity index (χ4n) is 1.87. The second-order valence-corrected chi connectivity index (χ2v) is 4.55. The molecule has 82 valence electrons. The lowest BCUT2D eigenvalue weighted by atomic mass is 10.2. The van der Waals surface area contributed by atoms with Gasteiger partial charge in [-0.15, -0.1) is 0 Å². The van der Waals surface area contributed by atoms with E-state index in [9.17, 15) is 9.90 Å². The molecule has 2 unspecified atom stereocenters. The number of rotatable bonds is 1. The number of aromatic amines is 1. The van der Waals surface area contributed by atoms with Crippen LogP contribution < -0.4 is 10.5 Å². The van der Waals surface area contributed by atoms with E-state index in [4.69, 9.17) is 0 Å². The Morgan fingerprint density at radius 2 is 2.47 bits per heavy atom. The fourth-order valence-corrected chi connectivity index (χ4v) is 2.32. The van der Waals surface area contributed by atoms with Crippen molar-refractivity contribution in [3.05, 3.63) is 21.2 Å². The normalized spacial score (nSPS) is 25.9. The monoisotopic (exact) mass is 273 g/mol. The van der Waals surface area contributed by atoms with Gasteiger partial charge in [0.25, 0.3) is 5.56 Å². The van der Waals surface area contributed by atoms with Gasteiger partial charge in [-0.3, -0.25) is 4.79 Å². The summed E-state index contributed by atoms with van der Waals surface area (Å²) >= 11 is 3.21. The van der Waals surface area contributed by atoms with E-state index < -0.39 is 0 Å². The molecule has 1 saturated heterocycles. The zero-order chi connectivity index (χ0) is 11.0. The van der Waals surface area contributed by atoms with Crippen molar-refractivity contribution in [1.82, 2.24) is 9.97 Å². The first-order chi connectivity index (χ1) is 7.09. The Kier molecular flexibility index (Phi) is 2.79. The van der Waals surface area contributed by atoms with Gasteiger partial charge >= 0.3 is 0 Å². The molecule has 2 heterocycles. The molecule has 0 saturated carbocycles. The van der Waals surface area contributed by atoms with Crippen LogP contribution in [-0.4, -0.2) is 33.8 Å². The van der Waals surface area contributed by atoms with Crippen molar-refractivity contribution >= 4 is 21.7 Å². The van der Waals surface area contributed by atoms with Crippen LogP contribution in [0.15, 0.2) is 15.6 Å². The minimum absolute atomic E-state index is 0.200. The average molecular weight is 274 g/mol. The smallest absolute Gasteiger partial charge is 0.267 e. The third-order valence-corrected chi connectivity index (χ3v) is 3.32. The fraction of sp³-hybridized carbons (Fsp3) is 0.556. The molecule has 15 heavy (non-hydrogen) atoms. The molecule has 5 nitrogen and oxygen atoms in total. The van der Waals surface area contributed by atoms with Crippen molar-refractivity contribution < 1.29 is 5.11 Å². The lowest BCUT2D eigenvalue weighted by Gasteiger charge is -2.22. The van der Waals surface area contributed by atoms with E-state index in [1.165, 1.54) is 6.33 Å². The molecule has 0 aliphatic carbocycles. The predicted molar refractivity (Wildman–Crippen MR) is 60.0 cm³/mol. The molecule has 0 amide bonds. The molecule has 1 aliphatic heterocycles. The van der Waals surface area contributed by atoms with Crippen molar-refractivity contribution in [3.8, 4) is 0 Å². The van der Waals surface area contributed by atoms with E-state index in [1.54, 1.807) is 0 Å². The third kappa shape index (κ3) is 1.91. The van der Waals surface area contributed by atoms with E-state index in [-0.39, 0.29) is 17.7 Å². The lowest BCUT2D eigenvalue weighted by Crippen LogP contribution is -2.30. The van der Waals surface area contributed by atoms with Gasteiger partial charge < -0.3 is 15.0 Å². The Labute approximate surface area is 95.3 Å². The van der Waals surface area contributed by atoms with Crippen LogP contribution in [0.3, 0.4) is 0 Å². The van der Waals surface area contributed by atoms with Crippen LogP contribution in [0.2, 0.25) is 0 Å². The molecule has 0 bridgehead atoms. The number of nitrogens with one attached hydrogen (secondary N) is 1. The molecule has 1 aromatic heterocycles. The molecule has 0 spiro atoms. The summed E-state index contributed by atoms with van der Waals surface area (Å²) in [6.45, 7) is 2.53. The first kappa shape index (κ1) is 10.6. The summed E-state index contributed by atoms with van der Waals surface area (Å²) in [5, 5.41) is 9.52. The van der Waals surface area contributed by atoms with Crippen LogP contribution in [0.1, 0.15) is 13.3 Å². The van der Waals surface area contributed by atoms with Gasteiger partial charge in [0.05, 0.1) is 12.4 Å². The van der Waals surface area contributed by atoms with Gasteiger partial charge in [-0.1, -0.05) is 0 Å². The Morgan fingerprint density at radius 1 is 1.73 bits per heavy atom. The summed E-state index contributed by atoms with van der Waals surface area (Å²) in [5.74, 6) is 0.600. The first-order valence-corrected chi connectivity index (χ1v) is 5.56. The Balaban J connectivity index is 2.38. The minimum Gasteiger partial charge on any atom is -0.391 e. The zero-order valence-corrected chi connectivity index (χ0v) is 9.86. The number of halogens is 1. The van der Waals surface area contributed by atoms with Gasteiger partial charge in [0, 0.05) is 12.6 Å². The minimum atomic E-state index is -0.340. The van der Waals surface area contributed by atoms with E-state index >= 15 is 0 Å². The van der Waals surface area contributed by atoms with Crippen molar-refractivity contribution in [2.75, 3.05) is 11.4 Å². The SMILES string of the molecule is CC1CC(O)CN1c1nc[nH]c(=O)c1Br. The van der Waals surface area contributed by atoms with Crippen LogP contribution >= 0.6 is 15.9 Å². The highest BCUT2D eigenvalue weighted by molar-refractivity contribution is 9.10. The second-order valence-electron chi connectivity index (χ2n) is 3.76. The molecule has 1 aliphatic rings. The Morgan fingerprint density at radius 3 is 3.07 bits per heavy atom. The quantitative estimate of drug-likeness (QED) is 0.782. The van der Waals surface area contributed by atoms with Crippen molar-refractivity contribution in [2.24, 2.45) is 0 Å². The lowest BCUT2D eigenvalue weighted by molar-refractivity contribution is 0.195. The van der Waals surface area contributed by atoms with Crippen LogP contribution in [-0.2, 0) is 0 Å². The van der Waals surface area contributed by atoms with Crippen LogP contribution in [0.5, 0.6) is 0 Å². The van der Waals surface area contributed by atoms with Crippen molar-refractivity contribution in [3.63, 3.8) is 0 Å². The van der Waals surface area contributed by atoms with Crippen molar-refractivity contribution in [2.45, 2.75) is 25.5 Å². The molecule has 2 rings (SSSR count). The number of β-amino-alcohol motifs (C(OH)–C–C–N with tert-alkyl or cyclic N) is 1. The summed E-state index contributed by atoms with van der Waals surface area (Å²) in [5.41, 5.74) is -0.200. The van der Waals surface area contributed by atoms with Gasteiger partial charge in [-0.2, -0.15) is 0 Å². The third-order valence-electron chi connectivity index (χ3n) is 2.60. The molecule has 0 radical (unpaired) electrons. The van der Waals surface area contributed by atoms with Gasteiger partial charge in [-0.25, -0.2) is 4.98 Å². The van der Waals surface area contributed by atoms with Gasteiger partial charge in [0.15, 0.2) is 5.82 Å². The van der Waals surface area contributed by atoms with E-state index in [0.29, 0.717) is 23.3 Å². The maximum absolute atomic E-state index is 11.4. The molecule has 1 fully saturated rings. The summed E-state index contributed by atoms with van der Waals surface area (Å²) < 4.78 is 0.422. The predicted octanol–water partition coefficient (Wildman–Crippen LogP) is 0.492. The van der Waals surface area contributed by atoms with Gasteiger partial charge in [-0.05, 0) is 29.3 Å². The maximum Gasteiger partial charge on any atom is 0.267 e. The van der Waals surface area contributed by atoms with Crippen molar-refractivity contribution in [1.29, 1.82) is 0 Å². The Bertz CT molecular complexity index is 420.